The van der Waals surface area contributed by atoms with Gasteiger partial charge in [-0.25, -0.2) is 0 Å². The SMILES string of the molecule is C.CC(C)(C)C(=O)C(C)(C)C.CC(C)C(=O)C(C)C.CC(CC(C)c1ccccc1)c1ccccc1.CCC(=O)CC. The molecule has 0 bridgehead atoms. The van der Waals surface area contributed by atoms with Gasteiger partial charge in [0.2, 0.25) is 0 Å². The van der Waals surface area contributed by atoms with Gasteiger partial charge in [-0.2, -0.15) is 0 Å². The zero-order valence-electron chi connectivity index (χ0n) is 28.9. The lowest BCUT2D eigenvalue weighted by molar-refractivity contribution is -0.134. The third-order valence-electron chi connectivity index (χ3n) is 6.73. The van der Waals surface area contributed by atoms with Crippen molar-refractivity contribution in [1.29, 1.82) is 0 Å². The van der Waals surface area contributed by atoms with Crippen LogP contribution in [0.15, 0.2) is 60.7 Å². The van der Waals surface area contributed by atoms with Crippen molar-refractivity contribution in [3.05, 3.63) is 71.8 Å². The number of benzene rings is 2. The summed E-state index contributed by atoms with van der Waals surface area (Å²) < 4.78 is 0. The average molecular weight is 583 g/mol. The molecule has 3 nitrogen and oxygen atoms in total. The molecule has 240 valence electrons. The van der Waals surface area contributed by atoms with Gasteiger partial charge in [0.25, 0.3) is 0 Å². The third kappa shape index (κ3) is 20.3. The first-order chi connectivity index (χ1) is 18.8. The lowest BCUT2D eigenvalue weighted by Gasteiger charge is -2.26. The van der Waals surface area contributed by atoms with E-state index in [1.165, 1.54) is 17.5 Å². The molecule has 0 spiro atoms. The number of Topliss-reactive ketones (excluding diaryl/α,β-unsaturated/α-hetero) is 3. The second-order valence-electron chi connectivity index (χ2n) is 13.6. The summed E-state index contributed by atoms with van der Waals surface area (Å²) in [6.45, 7) is 27.9. The van der Waals surface area contributed by atoms with Crippen molar-refractivity contribution < 1.29 is 14.4 Å². The number of carbonyl (C=O) groups excluding carboxylic acids is 3. The third-order valence-corrected chi connectivity index (χ3v) is 6.73. The summed E-state index contributed by atoms with van der Waals surface area (Å²) in [5, 5.41) is 0. The number of hydrogen-bond donors (Lipinski definition) is 0. The first-order valence-corrected chi connectivity index (χ1v) is 15.5. The highest BCUT2D eigenvalue weighted by atomic mass is 16.1. The quantitative estimate of drug-likeness (QED) is 0.311. The molecule has 0 amide bonds. The van der Waals surface area contributed by atoms with Crippen molar-refractivity contribution in [2.75, 3.05) is 0 Å². The summed E-state index contributed by atoms with van der Waals surface area (Å²) in [4.78, 5) is 32.5. The van der Waals surface area contributed by atoms with Crippen molar-refractivity contribution in [3.8, 4) is 0 Å². The van der Waals surface area contributed by atoms with E-state index in [0.717, 1.165) is 0 Å². The molecule has 2 aromatic rings. The molecule has 0 saturated heterocycles. The van der Waals surface area contributed by atoms with Crippen LogP contribution in [0.25, 0.3) is 0 Å². The van der Waals surface area contributed by atoms with E-state index in [4.69, 9.17) is 0 Å². The molecule has 0 aliphatic heterocycles. The highest BCUT2D eigenvalue weighted by Crippen LogP contribution is 2.29. The first kappa shape index (κ1) is 43.9. The molecular formula is C39H66O3. The van der Waals surface area contributed by atoms with Crippen LogP contribution in [0.2, 0.25) is 0 Å². The first-order valence-electron chi connectivity index (χ1n) is 15.5. The molecule has 0 aromatic heterocycles. The molecule has 2 unspecified atom stereocenters. The molecule has 0 fully saturated rings. The summed E-state index contributed by atoms with van der Waals surface area (Å²) >= 11 is 0. The van der Waals surface area contributed by atoms with Gasteiger partial charge in [-0.05, 0) is 29.4 Å². The standard InChI is InChI=1S/C17H20.C9H18O.C7H14O.C5H10O.CH4/c1-14(16-9-5-3-6-10-16)13-15(2)17-11-7-4-8-12-17;1-8(2,3)7(10)9(4,5)6;1-5(2)7(8)6(3)4;1-3-5(6)4-2;/h3-12,14-15H,13H2,1-2H3;1-6H3;5-6H,1-4H3;3-4H2,1-2H3;1H4. The Hall–Kier alpha value is -2.55. The zero-order chi connectivity index (χ0) is 32.4. The molecule has 0 aliphatic rings. The topological polar surface area (TPSA) is 51.2 Å². The summed E-state index contributed by atoms with van der Waals surface area (Å²) in [7, 11) is 0. The van der Waals surface area contributed by atoms with E-state index in [0.29, 0.717) is 42.0 Å². The van der Waals surface area contributed by atoms with Crippen LogP contribution in [0, 0.1) is 22.7 Å². The van der Waals surface area contributed by atoms with E-state index >= 15 is 0 Å². The van der Waals surface area contributed by atoms with Gasteiger partial charge in [0.05, 0.1) is 0 Å². The summed E-state index contributed by atoms with van der Waals surface area (Å²) in [6, 6.07) is 21.6. The van der Waals surface area contributed by atoms with Gasteiger partial charge < -0.3 is 0 Å². The predicted octanol–water partition coefficient (Wildman–Crippen LogP) is 11.5. The Labute approximate surface area is 261 Å². The molecule has 2 rings (SSSR count). The van der Waals surface area contributed by atoms with E-state index in [-0.39, 0.29) is 30.1 Å². The van der Waals surface area contributed by atoms with Crippen LogP contribution in [0.4, 0.5) is 0 Å². The Balaban J connectivity index is -0.000000525. The van der Waals surface area contributed by atoms with Gasteiger partial charge in [0, 0.05) is 35.5 Å². The van der Waals surface area contributed by atoms with Gasteiger partial charge in [-0.15, -0.1) is 0 Å². The maximum atomic E-state index is 11.5. The van der Waals surface area contributed by atoms with Crippen LogP contribution in [-0.4, -0.2) is 17.3 Å². The van der Waals surface area contributed by atoms with Crippen molar-refractivity contribution in [3.63, 3.8) is 0 Å². The van der Waals surface area contributed by atoms with Crippen LogP contribution in [0.5, 0.6) is 0 Å². The minimum absolute atomic E-state index is 0. The van der Waals surface area contributed by atoms with Crippen LogP contribution >= 0.6 is 0 Å². The normalized spacial score (nSPS) is 12.2. The van der Waals surface area contributed by atoms with Crippen molar-refractivity contribution >= 4 is 17.3 Å². The Morgan fingerprint density at radius 3 is 1.00 bits per heavy atom. The molecule has 2 atom stereocenters. The van der Waals surface area contributed by atoms with Gasteiger partial charge in [-0.3, -0.25) is 14.4 Å². The molecule has 0 radical (unpaired) electrons. The highest BCUT2D eigenvalue weighted by Gasteiger charge is 2.31. The fraction of sp³-hybridized carbons (Fsp3) is 0.615. The van der Waals surface area contributed by atoms with Crippen LogP contribution in [0.3, 0.4) is 0 Å². The van der Waals surface area contributed by atoms with Crippen LogP contribution < -0.4 is 0 Å². The number of ketones is 3. The molecule has 0 aliphatic carbocycles. The van der Waals surface area contributed by atoms with Crippen LogP contribution in [-0.2, 0) is 14.4 Å². The largest absolute Gasteiger partial charge is 0.300 e. The molecule has 0 N–H and O–H groups in total. The lowest BCUT2D eigenvalue weighted by atomic mass is 9.76. The molecule has 3 heteroatoms. The maximum Gasteiger partial charge on any atom is 0.143 e. The van der Waals surface area contributed by atoms with Gasteiger partial charge in [0.1, 0.15) is 17.3 Å². The lowest BCUT2D eigenvalue weighted by Crippen LogP contribution is -2.32. The minimum Gasteiger partial charge on any atom is -0.300 e. The molecule has 0 heterocycles. The van der Waals surface area contributed by atoms with Gasteiger partial charge in [-0.1, -0.05) is 165 Å². The van der Waals surface area contributed by atoms with E-state index < -0.39 is 0 Å². The number of rotatable bonds is 8. The second kappa shape index (κ2) is 22.1. The molecule has 42 heavy (non-hydrogen) atoms. The Kier molecular flexibility index (Phi) is 23.0. The molecule has 0 saturated carbocycles. The van der Waals surface area contributed by atoms with Crippen molar-refractivity contribution in [2.24, 2.45) is 22.7 Å². The Bertz CT molecular complexity index is 898. The monoisotopic (exact) mass is 583 g/mol. The summed E-state index contributed by atoms with van der Waals surface area (Å²) in [6.07, 6.45) is 2.58. The van der Waals surface area contributed by atoms with Gasteiger partial charge >= 0.3 is 0 Å². The molecular weight excluding hydrogens is 516 g/mol. The summed E-state index contributed by atoms with van der Waals surface area (Å²) in [5.41, 5.74) is 2.49. The van der Waals surface area contributed by atoms with Crippen LogP contribution in [0.1, 0.15) is 147 Å². The van der Waals surface area contributed by atoms with E-state index in [1.54, 1.807) is 0 Å². The highest BCUT2D eigenvalue weighted by molar-refractivity contribution is 5.88. The maximum absolute atomic E-state index is 11.5. The fourth-order valence-electron chi connectivity index (χ4n) is 4.41. The fourth-order valence-corrected chi connectivity index (χ4v) is 4.41. The Morgan fingerprint density at radius 1 is 0.571 bits per heavy atom. The van der Waals surface area contributed by atoms with E-state index in [2.05, 4.69) is 74.5 Å². The smallest absolute Gasteiger partial charge is 0.143 e. The number of carbonyl (C=O) groups is 3. The summed E-state index contributed by atoms with van der Waals surface area (Å²) in [5.74, 6) is 2.66. The van der Waals surface area contributed by atoms with Gasteiger partial charge in [0.15, 0.2) is 0 Å². The molecule has 2 aromatic carbocycles. The number of hydrogen-bond acceptors (Lipinski definition) is 3. The van der Waals surface area contributed by atoms with E-state index in [9.17, 15) is 14.4 Å². The zero-order valence-corrected chi connectivity index (χ0v) is 28.9. The van der Waals surface area contributed by atoms with Crippen molar-refractivity contribution in [2.45, 2.75) is 135 Å². The van der Waals surface area contributed by atoms with E-state index in [1.807, 2.05) is 83.1 Å². The second-order valence-corrected chi connectivity index (χ2v) is 13.6. The Morgan fingerprint density at radius 2 is 0.857 bits per heavy atom. The predicted molar refractivity (Wildman–Crippen MR) is 185 cm³/mol. The van der Waals surface area contributed by atoms with Crippen molar-refractivity contribution in [1.82, 2.24) is 0 Å². The minimum atomic E-state index is -0.196. The average Bonchev–Trinajstić information content (AvgIpc) is 2.92.